The number of aliphatic hydroxyl groups excluding tert-OH is 1. The fourth-order valence-electron chi connectivity index (χ4n) is 3.02. The molecule has 0 radical (unpaired) electrons. The van der Waals surface area contributed by atoms with Gasteiger partial charge in [-0.05, 0) is 31.2 Å². The third kappa shape index (κ3) is 7.31. The molecular formula is C20H33NO3. The van der Waals surface area contributed by atoms with E-state index in [1.807, 2.05) is 0 Å². The van der Waals surface area contributed by atoms with E-state index in [1.165, 1.54) is 11.1 Å². The SMILES string of the molecule is Cc1ccc(CN(CC(O)COCC(C)C)CC2CCCO2)cc1. The fourth-order valence-corrected chi connectivity index (χ4v) is 3.02. The molecule has 1 saturated heterocycles. The van der Waals surface area contributed by atoms with Crippen LogP contribution in [0.25, 0.3) is 0 Å². The maximum absolute atomic E-state index is 10.3. The lowest BCUT2D eigenvalue weighted by Crippen LogP contribution is -2.39. The van der Waals surface area contributed by atoms with E-state index in [4.69, 9.17) is 9.47 Å². The van der Waals surface area contributed by atoms with Crippen LogP contribution in [0, 0.1) is 12.8 Å². The lowest BCUT2D eigenvalue weighted by Gasteiger charge is -2.27. The number of benzene rings is 1. The summed E-state index contributed by atoms with van der Waals surface area (Å²) < 4.78 is 11.4. The molecule has 4 nitrogen and oxygen atoms in total. The number of hydrogen-bond donors (Lipinski definition) is 1. The highest BCUT2D eigenvalue weighted by Gasteiger charge is 2.21. The van der Waals surface area contributed by atoms with Crippen LogP contribution in [0.15, 0.2) is 24.3 Å². The van der Waals surface area contributed by atoms with Crippen molar-refractivity contribution in [1.29, 1.82) is 0 Å². The molecule has 1 aromatic carbocycles. The van der Waals surface area contributed by atoms with Crippen LogP contribution in [0.4, 0.5) is 0 Å². The second-order valence-corrected chi connectivity index (χ2v) is 7.40. The van der Waals surface area contributed by atoms with Gasteiger partial charge < -0.3 is 14.6 Å². The summed E-state index contributed by atoms with van der Waals surface area (Å²) in [6, 6.07) is 8.61. The summed E-state index contributed by atoms with van der Waals surface area (Å²) >= 11 is 0. The van der Waals surface area contributed by atoms with Crippen LogP contribution in [0.1, 0.15) is 37.8 Å². The number of nitrogens with zero attached hydrogens (tertiary/aromatic N) is 1. The van der Waals surface area contributed by atoms with Gasteiger partial charge in [0.1, 0.15) is 0 Å². The molecule has 4 heteroatoms. The Bertz CT molecular complexity index is 454. The monoisotopic (exact) mass is 335 g/mol. The fraction of sp³-hybridized carbons (Fsp3) is 0.700. The first-order valence-electron chi connectivity index (χ1n) is 9.18. The predicted molar refractivity (Wildman–Crippen MR) is 97.1 cm³/mol. The minimum absolute atomic E-state index is 0.291. The lowest BCUT2D eigenvalue weighted by molar-refractivity contribution is -0.00390. The Balaban J connectivity index is 1.87. The third-order valence-corrected chi connectivity index (χ3v) is 4.24. The molecular weight excluding hydrogens is 302 g/mol. The van der Waals surface area contributed by atoms with Crippen LogP contribution in [0.5, 0.6) is 0 Å². The molecule has 2 atom stereocenters. The summed E-state index contributed by atoms with van der Waals surface area (Å²) in [5.74, 6) is 0.493. The summed E-state index contributed by atoms with van der Waals surface area (Å²) in [5.41, 5.74) is 2.54. The van der Waals surface area contributed by atoms with Crippen LogP contribution in [0.2, 0.25) is 0 Å². The molecule has 0 aliphatic carbocycles. The molecule has 24 heavy (non-hydrogen) atoms. The maximum atomic E-state index is 10.3. The third-order valence-electron chi connectivity index (χ3n) is 4.24. The first-order chi connectivity index (χ1) is 11.5. The number of ether oxygens (including phenoxy) is 2. The van der Waals surface area contributed by atoms with Crippen LogP contribution >= 0.6 is 0 Å². The van der Waals surface area contributed by atoms with E-state index in [1.54, 1.807) is 0 Å². The Hall–Kier alpha value is -0.940. The van der Waals surface area contributed by atoms with E-state index in [0.717, 1.165) is 32.5 Å². The van der Waals surface area contributed by atoms with Gasteiger partial charge in [0.25, 0.3) is 0 Å². The Morgan fingerprint density at radius 3 is 2.62 bits per heavy atom. The van der Waals surface area contributed by atoms with E-state index in [9.17, 15) is 5.11 Å². The first kappa shape index (κ1) is 19.4. The van der Waals surface area contributed by atoms with Gasteiger partial charge in [-0.25, -0.2) is 0 Å². The zero-order valence-corrected chi connectivity index (χ0v) is 15.4. The number of aryl methyl sites for hydroxylation is 1. The standard InChI is InChI=1S/C20H33NO3/c1-16(2)14-23-15-19(22)12-21(13-20-5-4-10-24-20)11-18-8-6-17(3)7-9-18/h6-9,16,19-20,22H,4-5,10-15H2,1-3H3. The summed E-state index contributed by atoms with van der Waals surface area (Å²) in [6.45, 7) is 10.6. The molecule has 136 valence electrons. The number of hydrogen-bond acceptors (Lipinski definition) is 4. The largest absolute Gasteiger partial charge is 0.389 e. The van der Waals surface area contributed by atoms with E-state index in [0.29, 0.717) is 31.8 Å². The van der Waals surface area contributed by atoms with E-state index < -0.39 is 6.10 Å². The second kappa shape index (κ2) is 10.1. The molecule has 1 heterocycles. The van der Waals surface area contributed by atoms with Gasteiger partial charge in [0.15, 0.2) is 0 Å². The van der Waals surface area contributed by atoms with Crippen molar-refractivity contribution in [2.45, 2.75) is 52.4 Å². The van der Waals surface area contributed by atoms with Gasteiger partial charge in [-0.2, -0.15) is 0 Å². The Morgan fingerprint density at radius 1 is 1.25 bits per heavy atom. The van der Waals surface area contributed by atoms with Gasteiger partial charge in [0.2, 0.25) is 0 Å². The molecule has 1 aromatic rings. The van der Waals surface area contributed by atoms with Crippen LogP contribution in [-0.4, -0.2) is 55.1 Å². The van der Waals surface area contributed by atoms with E-state index in [2.05, 4.69) is 49.9 Å². The second-order valence-electron chi connectivity index (χ2n) is 7.40. The summed E-state index contributed by atoms with van der Waals surface area (Å²) in [5, 5.41) is 10.3. The van der Waals surface area contributed by atoms with Crippen molar-refractivity contribution in [3.63, 3.8) is 0 Å². The van der Waals surface area contributed by atoms with Gasteiger partial charge in [0, 0.05) is 32.8 Å². The molecule has 0 spiro atoms. The van der Waals surface area contributed by atoms with Crippen LogP contribution in [0.3, 0.4) is 0 Å². The van der Waals surface area contributed by atoms with Crippen LogP contribution in [-0.2, 0) is 16.0 Å². The summed E-state index contributed by atoms with van der Waals surface area (Å²) in [4.78, 5) is 2.30. The molecule has 1 N–H and O–H groups in total. The zero-order valence-electron chi connectivity index (χ0n) is 15.4. The lowest BCUT2D eigenvalue weighted by atomic mass is 10.1. The molecule has 1 fully saturated rings. The predicted octanol–water partition coefficient (Wildman–Crippen LogP) is 3.01. The van der Waals surface area contributed by atoms with Crippen molar-refractivity contribution in [1.82, 2.24) is 4.90 Å². The molecule has 1 aliphatic rings. The average Bonchev–Trinajstić information content (AvgIpc) is 3.02. The Morgan fingerprint density at radius 2 is 2.00 bits per heavy atom. The Labute approximate surface area is 146 Å². The van der Waals surface area contributed by atoms with Crippen molar-refractivity contribution >= 4 is 0 Å². The topological polar surface area (TPSA) is 41.9 Å². The molecule has 2 unspecified atom stereocenters. The molecule has 0 saturated carbocycles. The summed E-state index contributed by atoms with van der Waals surface area (Å²) in [7, 11) is 0. The van der Waals surface area contributed by atoms with Gasteiger partial charge in [-0.1, -0.05) is 43.7 Å². The minimum atomic E-state index is -0.462. The minimum Gasteiger partial charge on any atom is -0.389 e. The summed E-state index contributed by atoms with van der Waals surface area (Å²) in [6.07, 6.45) is 2.09. The highest BCUT2D eigenvalue weighted by atomic mass is 16.5. The van der Waals surface area contributed by atoms with Crippen molar-refractivity contribution in [2.75, 3.05) is 32.9 Å². The zero-order chi connectivity index (χ0) is 17.4. The van der Waals surface area contributed by atoms with Crippen molar-refractivity contribution in [3.05, 3.63) is 35.4 Å². The molecule has 0 amide bonds. The molecule has 0 bridgehead atoms. The van der Waals surface area contributed by atoms with Crippen LogP contribution < -0.4 is 0 Å². The van der Waals surface area contributed by atoms with E-state index >= 15 is 0 Å². The van der Waals surface area contributed by atoms with Gasteiger partial charge >= 0.3 is 0 Å². The quantitative estimate of drug-likeness (QED) is 0.714. The highest BCUT2D eigenvalue weighted by molar-refractivity contribution is 5.21. The Kier molecular flexibility index (Phi) is 8.19. The smallest absolute Gasteiger partial charge is 0.0900 e. The van der Waals surface area contributed by atoms with Crippen molar-refractivity contribution < 1.29 is 14.6 Å². The van der Waals surface area contributed by atoms with Crippen molar-refractivity contribution in [2.24, 2.45) is 5.92 Å². The number of rotatable bonds is 10. The normalized spacial score (nSPS) is 19.3. The molecule has 0 aromatic heterocycles. The van der Waals surface area contributed by atoms with Crippen molar-refractivity contribution in [3.8, 4) is 0 Å². The molecule has 2 rings (SSSR count). The average molecular weight is 335 g/mol. The van der Waals surface area contributed by atoms with E-state index in [-0.39, 0.29) is 0 Å². The first-order valence-corrected chi connectivity index (χ1v) is 9.18. The van der Waals surface area contributed by atoms with Gasteiger partial charge in [-0.15, -0.1) is 0 Å². The van der Waals surface area contributed by atoms with Gasteiger partial charge in [0.05, 0.1) is 18.8 Å². The maximum Gasteiger partial charge on any atom is 0.0900 e. The number of aliphatic hydroxyl groups is 1. The molecule has 1 aliphatic heterocycles. The highest BCUT2D eigenvalue weighted by Crippen LogP contribution is 2.16. The van der Waals surface area contributed by atoms with Gasteiger partial charge in [-0.3, -0.25) is 4.90 Å².